The molecule has 1 fully saturated rings. The molecule has 1 aromatic rings. The van der Waals surface area contributed by atoms with Crippen molar-refractivity contribution in [2.75, 3.05) is 11.9 Å². The highest BCUT2D eigenvalue weighted by Crippen LogP contribution is 2.22. The third-order valence-corrected chi connectivity index (χ3v) is 4.00. The molecule has 0 saturated heterocycles. The van der Waals surface area contributed by atoms with Crippen molar-refractivity contribution >= 4 is 17.7 Å². The average Bonchev–Trinajstić information content (AvgIpc) is 2.48. The lowest BCUT2D eigenvalue weighted by atomic mass is 9.89. The van der Waals surface area contributed by atoms with E-state index in [1.807, 2.05) is 0 Å². The first-order valence-electron chi connectivity index (χ1n) is 7.45. The second-order valence-corrected chi connectivity index (χ2v) is 5.67. The summed E-state index contributed by atoms with van der Waals surface area (Å²) in [6.45, 7) is 2.42. The van der Waals surface area contributed by atoms with Crippen molar-refractivity contribution in [3.05, 3.63) is 29.3 Å². The van der Waals surface area contributed by atoms with Gasteiger partial charge in [0.15, 0.2) is 0 Å². The molecule has 1 aliphatic rings. The molecule has 0 heterocycles. The number of rotatable bonds is 4. The molecule has 0 unspecified atom stereocenters. The SMILES string of the molecule is Cc1ccc(NC(=O)NCC2CCCCC2)cc1C(=O)O. The van der Waals surface area contributed by atoms with Crippen molar-refractivity contribution in [1.82, 2.24) is 5.32 Å². The maximum atomic E-state index is 11.9. The first kappa shape index (κ1) is 15.4. The summed E-state index contributed by atoms with van der Waals surface area (Å²) in [4.78, 5) is 22.9. The summed E-state index contributed by atoms with van der Waals surface area (Å²) in [5.41, 5.74) is 1.38. The zero-order valence-electron chi connectivity index (χ0n) is 12.3. The molecule has 114 valence electrons. The van der Waals surface area contributed by atoms with Crippen LogP contribution in [0.5, 0.6) is 0 Å². The van der Waals surface area contributed by atoms with Gasteiger partial charge in [-0.1, -0.05) is 25.3 Å². The molecule has 2 amide bonds. The monoisotopic (exact) mass is 290 g/mol. The van der Waals surface area contributed by atoms with Gasteiger partial charge in [-0.25, -0.2) is 9.59 Å². The predicted molar refractivity (Wildman–Crippen MR) is 81.7 cm³/mol. The van der Waals surface area contributed by atoms with E-state index in [-0.39, 0.29) is 11.6 Å². The highest BCUT2D eigenvalue weighted by molar-refractivity contribution is 5.94. The smallest absolute Gasteiger partial charge is 0.336 e. The molecule has 1 aliphatic carbocycles. The molecule has 2 rings (SSSR count). The number of anilines is 1. The number of hydrogen-bond donors (Lipinski definition) is 3. The van der Waals surface area contributed by atoms with Gasteiger partial charge in [-0.05, 0) is 43.4 Å². The minimum absolute atomic E-state index is 0.208. The molecule has 0 spiro atoms. The van der Waals surface area contributed by atoms with Crippen LogP contribution in [0, 0.1) is 12.8 Å². The van der Waals surface area contributed by atoms with E-state index in [2.05, 4.69) is 10.6 Å². The standard InChI is InChI=1S/C16H22N2O3/c1-11-7-8-13(9-14(11)15(19)20)18-16(21)17-10-12-5-3-2-4-6-12/h7-9,12H,2-6,10H2,1H3,(H,19,20)(H2,17,18,21). The van der Waals surface area contributed by atoms with Gasteiger partial charge in [0.1, 0.15) is 0 Å². The van der Waals surface area contributed by atoms with E-state index >= 15 is 0 Å². The molecule has 0 atom stereocenters. The van der Waals surface area contributed by atoms with Crippen LogP contribution in [0.3, 0.4) is 0 Å². The van der Waals surface area contributed by atoms with Crippen molar-refractivity contribution < 1.29 is 14.7 Å². The molecule has 5 nitrogen and oxygen atoms in total. The molecule has 0 aliphatic heterocycles. The first-order valence-corrected chi connectivity index (χ1v) is 7.45. The second-order valence-electron chi connectivity index (χ2n) is 5.67. The molecule has 21 heavy (non-hydrogen) atoms. The fourth-order valence-corrected chi connectivity index (χ4v) is 2.73. The number of carboxylic acid groups (broad SMARTS) is 1. The topological polar surface area (TPSA) is 78.4 Å². The van der Waals surface area contributed by atoms with Crippen LogP contribution in [0.1, 0.15) is 48.0 Å². The zero-order valence-corrected chi connectivity index (χ0v) is 12.3. The zero-order chi connectivity index (χ0) is 15.2. The van der Waals surface area contributed by atoms with Crippen LogP contribution in [0.4, 0.5) is 10.5 Å². The third kappa shape index (κ3) is 4.48. The molecule has 3 N–H and O–H groups in total. The Morgan fingerprint density at radius 1 is 1.24 bits per heavy atom. The summed E-state index contributed by atoms with van der Waals surface area (Å²) in [6.07, 6.45) is 6.13. The van der Waals surface area contributed by atoms with Gasteiger partial charge in [0.2, 0.25) is 0 Å². The van der Waals surface area contributed by atoms with E-state index in [0.29, 0.717) is 23.7 Å². The highest BCUT2D eigenvalue weighted by Gasteiger charge is 2.14. The van der Waals surface area contributed by atoms with Crippen molar-refractivity contribution in [2.24, 2.45) is 5.92 Å². The lowest BCUT2D eigenvalue weighted by Crippen LogP contribution is -2.33. The highest BCUT2D eigenvalue weighted by atomic mass is 16.4. The largest absolute Gasteiger partial charge is 0.478 e. The normalized spacial score (nSPS) is 15.5. The molecular weight excluding hydrogens is 268 g/mol. The minimum Gasteiger partial charge on any atom is -0.478 e. The molecule has 0 bridgehead atoms. The van der Waals surface area contributed by atoms with Crippen LogP contribution in [0.25, 0.3) is 0 Å². The van der Waals surface area contributed by atoms with Crippen LogP contribution in [-0.2, 0) is 0 Å². The van der Waals surface area contributed by atoms with Crippen LogP contribution in [-0.4, -0.2) is 23.7 Å². The first-order chi connectivity index (χ1) is 10.1. The van der Waals surface area contributed by atoms with Crippen LogP contribution in [0.15, 0.2) is 18.2 Å². The maximum Gasteiger partial charge on any atom is 0.336 e. The van der Waals surface area contributed by atoms with Crippen molar-refractivity contribution in [3.63, 3.8) is 0 Å². The lowest BCUT2D eigenvalue weighted by Gasteiger charge is -2.21. The number of hydrogen-bond acceptors (Lipinski definition) is 2. The number of urea groups is 1. The van der Waals surface area contributed by atoms with Gasteiger partial charge < -0.3 is 15.7 Å². The number of carbonyl (C=O) groups is 2. The number of carboxylic acids is 1. The van der Waals surface area contributed by atoms with Crippen molar-refractivity contribution in [2.45, 2.75) is 39.0 Å². The van der Waals surface area contributed by atoms with Gasteiger partial charge in [-0.15, -0.1) is 0 Å². The predicted octanol–water partition coefficient (Wildman–Crippen LogP) is 3.40. The summed E-state index contributed by atoms with van der Waals surface area (Å²) in [5, 5.41) is 14.6. The van der Waals surface area contributed by atoms with E-state index in [1.165, 1.54) is 38.2 Å². The van der Waals surface area contributed by atoms with E-state index < -0.39 is 5.97 Å². The molecular formula is C16H22N2O3. The number of carbonyl (C=O) groups excluding carboxylic acids is 1. The average molecular weight is 290 g/mol. The molecule has 1 aromatic carbocycles. The van der Waals surface area contributed by atoms with Crippen LogP contribution < -0.4 is 10.6 Å². The Bertz CT molecular complexity index is 522. The molecule has 0 radical (unpaired) electrons. The van der Waals surface area contributed by atoms with E-state index in [4.69, 9.17) is 5.11 Å². The Hall–Kier alpha value is -2.04. The Labute approximate surface area is 124 Å². The van der Waals surface area contributed by atoms with Gasteiger partial charge in [0, 0.05) is 12.2 Å². The number of amides is 2. The van der Waals surface area contributed by atoms with Gasteiger partial charge in [-0.3, -0.25) is 0 Å². The molecule has 0 aromatic heterocycles. The summed E-state index contributed by atoms with van der Waals surface area (Å²) >= 11 is 0. The van der Waals surface area contributed by atoms with Gasteiger partial charge in [-0.2, -0.15) is 0 Å². The number of aromatic carboxylic acids is 1. The fraction of sp³-hybridized carbons (Fsp3) is 0.500. The number of benzene rings is 1. The van der Waals surface area contributed by atoms with Gasteiger partial charge in [0.05, 0.1) is 5.56 Å². The van der Waals surface area contributed by atoms with Gasteiger partial charge >= 0.3 is 12.0 Å². The molecule has 5 heteroatoms. The Morgan fingerprint density at radius 3 is 2.62 bits per heavy atom. The lowest BCUT2D eigenvalue weighted by molar-refractivity contribution is 0.0696. The number of aryl methyl sites for hydroxylation is 1. The number of nitrogens with one attached hydrogen (secondary N) is 2. The van der Waals surface area contributed by atoms with Gasteiger partial charge in [0.25, 0.3) is 0 Å². The summed E-state index contributed by atoms with van der Waals surface area (Å²) < 4.78 is 0. The second kappa shape index (κ2) is 7.11. The Morgan fingerprint density at radius 2 is 1.95 bits per heavy atom. The summed E-state index contributed by atoms with van der Waals surface area (Å²) in [5.74, 6) is -0.420. The minimum atomic E-state index is -0.987. The summed E-state index contributed by atoms with van der Waals surface area (Å²) in [6, 6.07) is 4.61. The van der Waals surface area contributed by atoms with Crippen molar-refractivity contribution in [3.8, 4) is 0 Å². The summed E-state index contributed by atoms with van der Waals surface area (Å²) in [7, 11) is 0. The van der Waals surface area contributed by atoms with E-state index in [1.54, 1.807) is 19.1 Å². The van der Waals surface area contributed by atoms with Crippen LogP contribution in [0.2, 0.25) is 0 Å². The third-order valence-electron chi connectivity index (χ3n) is 4.00. The van der Waals surface area contributed by atoms with E-state index in [9.17, 15) is 9.59 Å². The quantitative estimate of drug-likeness (QED) is 0.795. The van der Waals surface area contributed by atoms with Crippen LogP contribution >= 0.6 is 0 Å². The van der Waals surface area contributed by atoms with Crippen molar-refractivity contribution in [1.29, 1.82) is 0 Å². The Kier molecular flexibility index (Phi) is 5.20. The Balaban J connectivity index is 1.87. The van der Waals surface area contributed by atoms with E-state index in [0.717, 1.165) is 0 Å². The molecule has 1 saturated carbocycles. The fourth-order valence-electron chi connectivity index (χ4n) is 2.73. The maximum absolute atomic E-state index is 11.9.